The van der Waals surface area contributed by atoms with E-state index >= 15 is 0 Å². The van der Waals surface area contributed by atoms with E-state index in [1.54, 1.807) is 0 Å². The highest BCUT2D eigenvalue weighted by Crippen LogP contribution is 2.33. The van der Waals surface area contributed by atoms with Gasteiger partial charge in [0.25, 0.3) is 0 Å². The molecule has 1 aliphatic heterocycles. The topological polar surface area (TPSA) is 45.2 Å². The normalized spacial score (nSPS) is 12.7. The van der Waals surface area contributed by atoms with Crippen molar-refractivity contribution >= 4 is 23.1 Å². The molecular formula is C22H21N3O. The molecule has 1 amide bonds. The van der Waals surface area contributed by atoms with Crippen LogP contribution in [0.1, 0.15) is 16.7 Å². The van der Waals surface area contributed by atoms with Crippen LogP contribution in [0.15, 0.2) is 66.9 Å². The number of nitrogens with one attached hydrogen (secondary N) is 1. The summed E-state index contributed by atoms with van der Waals surface area (Å²) in [7, 11) is 0. The molecule has 2 heterocycles. The fourth-order valence-corrected chi connectivity index (χ4v) is 3.30. The number of benzene rings is 2. The first-order valence-corrected chi connectivity index (χ1v) is 8.86. The van der Waals surface area contributed by atoms with Gasteiger partial charge in [-0.1, -0.05) is 48.0 Å². The van der Waals surface area contributed by atoms with E-state index in [1.807, 2.05) is 49.5 Å². The third-order valence-electron chi connectivity index (χ3n) is 4.70. The summed E-state index contributed by atoms with van der Waals surface area (Å²) in [6.45, 7) is 2.99. The van der Waals surface area contributed by atoms with Gasteiger partial charge in [0.1, 0.15) is 5.82 Å². The summed E-state index contributed by atoms with van der Waals surface area (Å²) >= 11 is 0. The van der Waals surface area contributed by atoms with Crippen LogP contribution in [0.2, 0.25) is 0 Å². The first kappa shape index (κ1) is 16.3. The Morgan fingerprint density at radius 2 is 1.88 bits per heavy atom. The molecule has 4 rings (SSSR count). The van der Waals surface area contributed by atoms with E-state index in [2.05, 4.69) is 39.5 Å². The Morgan fingerprint density at radius 1 is 1.08 bits per heavy atom. The number of nitrogens with zero attached hydrogens (tertiary/aromatic N) is 2. The van der Waals surface area contributed by atoms with Gasteiger partial charge < -0.3 is 10.2 Å². The number of amides is 1. The summed E-state index contributed by atoms with van der Waals surface area (Å²) in [5.74, 6) is 0.527. The Balaban J connectivity index is 1.42. The molecule has 0 aliphatic carbocycles. The fraction of sp³-hybridized carbons (Fsp3) is 0.182. The lowest BCUT2D eigenvalue weighted by atomic mass is 10.1. The van der Waals surface area contributed by atoms with Crippen molar-refractivity contribution in [3.05, 3.63) is 83.6 Å². The molecule has 130 valence electrons. The van der Waals surface area contributed by atoms with E-state index in [4.69, 9.17) is 0 Å². The van der Waals surface area contributed by atoms with Crippen LogP contribution in [-0.2, 0) is 17.6 Å². The molecule has 0 bridgehead atoms. The number of hydrogen-bond donors (Lipinski definition) is 1. The quantitative estimate of drug-likeness (QED) is 0.770. The highest BCUT2D eigenvalue weighted by atomic mass is 16.1. The number of para-hydroxylation sites is 1. The van der Waals surface area contributed by atoms with Crippen LogP contribution < -0.4 is 10.2 Å². The lowest BCUT2D eigenvalue weighted by Gasteiger charge is -2.19. The van der Waals surface area contributed by atoms with Crippen LogP contribution in [0.5, 0.6) is 0 Å². The highest BCUT2D eigenvalue weighted by molar-refractivity contribution is 5.91. The zero-order chi connectivity index (χ0) is 17.9. The summed E-state index contributed by atoms with van der Waals surface area (Å²) in [6, 6.07) is 20.3. The minimum Gasteiger partial charge on any atom is -0.340 e. The number of carbonyl (C=O) groups is 1. The molecule has 1 aromatic heterocycles. The number of pyridine rings is 1. The maximum atomic E-state index is 12.2. The largest absolute Gasteiger partial charge is 0.340 e. The van der Waals surface area contributed by atoms with E-state index in [0.717, 1.165) is 24.2 Å². The Hall–Kier alpha value is -3.14. The van der Waals surface area contributed by atoms with Gasteiger partial charge in [-0.3, -0.25) is 4.79 Å². The third-order valence-corrected chi connectivity index (χ3v) is 4.70. The standard InChI is InChI=1S/C22H21N3O/c1-16-6-8-17(9-7-16)14-22(26)24-21-11-10-19(15-23-21)25-13-12-18-4-2-3-5-20(18)25/h2-11,15H,12-14H2,1H3,(H,23,24,26). The van der Waals surface area contributed by atoms with Crippen molar-refractivity contribution in [1.82, 2.24) is 4.98 Å². The average molecular weight is 343 g/mol. The maximum Gasteiger partial charge on any atom is 0.229 e. The summed E-state index contributed by atoms with van der Waals surface area (Å²) in [4.78, 5) is 18.9. The molecule has 3 aromatic rings. The molecule has 0 atom stereocenters. The molecule has 26 heavy (non-hydrogen) atoms. The lowest BCUT2D eigenvalue weighted by molar-refractivity contribution is -0.115. The number of aryl methyl sites for hydroxylation is 1. The van der Waals surface area contributed by atoms with E-state index in [0.29, 0.717) is 12.2 Å². The summed E-state index contributed by atoms with van der Waals surface area (Å²) < 4.78 is 0. The van der Waals surface area contributed by atoms with E-state index in [9.17, 15) is 4.79 Å². The summed E-state index contributed by atoms with van der Waals surface area (Å²) in [6.07, 6.45) is 3.22. The molecule has 0 fully saturated rings. The molecule has 4 heteroatoms. The van der Waals surface area contributed by atoms with Crippen molar-refractivity contribution < 1.29 is 4.79 Å². The SMILES string of the molecule is Cc1ccc(CC(=O)Nc2ccc(N3CCc4ccccc43)cn2)cc1. The van der Waals surface area contributed by atoms with E-state index in [-0.39, 0.29) is 5.91 Å². The lowest BCUT2D eigenvalue weighted by Crippen LogP contribution is -2.16. The zero-order valence-corrected chi connectivity index (χ0v) is 14.8. The monoisotopic (exact) mass is 343 g/mol. The second-order valence-corrected chi connectivity index (χ2v) is 6.64. The second kappa shape index (κ2) is 7.00. The number of hydrogen-bond acceptors (Lipinski definition) is 3. The van der Waals surface area contributed by atoms with Gasteiger partial charge in [-0.05, 0) is 42.7 Å². The molecule has 0 saturated carbocycles. The zero-order valence-electron chi connectivity index (χ0n) is 14.8. The first-order chi connectivity index (χ1) is 12.7. The third kappa shape index (κ3) is 3.45. The Labute approximate surface area is 153 Å². The van der Waals surface area contributed by atoms with Crippen molar-refractivity contribution in [2.24, 2.45) is 0 Å². The minimum absolute atomic E-state index is 0.0550. The maximum absolute atomic E-state index is 12.2. The van der Waals surface area contributed by atoms with Crippen molar-refractivity contribution in [2.45, 2.75) is 19.8 Å². The average Bonchev–Trinajstić information content (AvgIpc) is 3.08. The van der Waals surface area contributed by atoms with Gasteiger partial charge in [0.05, 0.1) is 18.3 Å². The van der Waals surface area contributed by atoms with Gasteiger partial charge in [0, 0.05) is 12.2 Å². The van der Waals surface area contributed by atoms with Crippen LogP contribution in [-0.4, -0.2) is 17.4 Å². The minimum atomic E-state index is -0.0550. The predicted molar refractivity (Wildman–Crippen MR) is 105 cm³/mol. The van der Waals surface area contributed by atoms with Gasteiger partial charge in [-0.2, -0.15) is 0 Å². The van der Waals surface area contributed by atoms with E-state index in [1.165, 1.54) is 16.8 Å². The molecule has 0 spiro atoms. The van der Waals surface area contributed by atoms with Gasteiger partial charge in [-0.15, -0.1) is 0 Å². The van der Waals surface area contributed by atoms with Crippen LogP contribution >= 0.6 is 0 Å². The number of carbonyl (C=O) groups excluding carboxylic acids is 1. The van der Waals surface area contributed by atoms with Crippen LogP contribution in [0, 0.1) is 6.92 Å². The smallest absolute Gasteiger partial charge is 0.229 e. The molecule has 4 nitrogen and oxygen atoms in total. The Morgan fingerprint density at radius 3 is 2.65 bits per heavy atom. The number of rotatable bonds is 4. The van der Waals surface area contributed by atoms with Gasteiger partial charge >= 0.3 is 0 Å². The molecule has 0 saturated heterocycles. The number of anilines is 3. The van der Waals surface area contributed by atoms with Crippen LogP contribution in [0.3, 0.4) is 0 Å². The fourth-order valence-electron chi connectivity index (χ4n) is 3.30. The molecule has 0 unspecified atom stereocenters. The highest BCUT2D eigenvalue weighted by Gasteiger charge is 2.19. The molecule has 1 N–H and O–H groups in total. The van der Waals surface area contributed by atoms with Crippen LogP contribution in [0.4, 0.5) is 17.2 Å². The number of fused-ring (bicyclic) bond motifs is 1. The second-order valence-electron chi connectivity index (χ2n) is 6.64. The molecule has 1 aliphatic rings. The van der Waals surface area contributed by atoms with E-state index < -0.39 is 0 Å². The molecule has 2 aromatic carbocycles. The molecular weight excluding hydrogens is 322 g/mol. The summed E-state index contributed by atoms with van der Waals surface area (Å²) in [5.41, 5.74) is 5.84. The van der Waals surface area contributed by atoms with Crippen molar-refractivity contribution in [3.63, 3.8) is 0 Å². The first-order valence-electron chi connectivity index (χ1n) is 8.86. The number of aromatic nitrogens is 1. The van der Waals surface area contributed by atoms with Gasteiger partial charge in [0.15, 0.2) is 0 Å². The van der Waals surface area contributed by atoms with Crippen molar-refractivity contribution in [3.8, 4) is 0 Å². The predicted octanol–water partition coefficient (Wildman–Crippen LogP) is 4.27. The van der Waals surface area contributed by atoms with Crippen molar-refractivity contribution in [1.29, 1.82) is 0 Å². The van der Waals surface area contributed by atoms with Crippen LogP contribution in [0.25, 0.3) is 0 Å². The Bertz CT molecular complexity index is 917. The van der Waals surface area contributed by atoms with Gasteiger partial charge in [-0.25, -0.2) is 4.98 Å². The summed E-state index contributed by atoms with van der Waals surface area (Å²) in [5, 5.41) is 2.87. The Kier molecular flexibility index (Phi) is 4.40. The van der Waals surface area contributed by atoms with Gasteiger partial charge in [0.2, 0.25) is 5.91 Å². The molecule has 0 radical (unpaired) electrons. The van der Waals surface area contributed by atoms with Crippen molar-refractivity contribution in [2.75, 3.05) is 16.8 Å².